The topological polar surface area (TPSA) is 60.4 Å². The Morgan fingerprint density at radius 2 is 1.31 bits per heavy atom. The zero-order valence-corrected chi connectivity index (χ0v) is 43.9. The van der Waals surface area contributed by atoms with Crippen LogP contribution in [0.25, 0.3) is 0 Å². The third kappa shape index (κ3) is 17.4. The Hall–Kier alpha value is 0.194. The van der Waals surface area contributed by atoms with Gasteiger partial charge in [0.25, 0.3) is 0 Å². The summed E-state index contributed by atoms with van der Waals surface area (Å²) in [4.78, 5) is 2.74. The van der Waals surface area contributed by atoms with Crippen molar-refractivity contribution in [1.29, 1.82) is 0 Å². The number of hydrogen-bond acceptors (Lipinski definition) is 6. The molecular formula is C53H103NO5Si2. The van der Waals surface area contributed by atoms with Crippen molar-refractivity contribution >= 4 is 18.3 Å². The summed E-state index contributed by atoms with van der Waals surface area (Å²) < 4.78 is 25.4. The van der Waals surface area contributed by atoms with Crippen LogP contribution in [0.3, 0.4) is 0 Å². The van der Waals surface area contributed by atoms with E-state index in [2.05, 4.69) is 52.6 Å². The number of ether oxygens (including phenoxy) is 2. The van der Waals surface area contributed by atoms with Crippen molar-refractivity contribution in [1.82, 2.24) is 4.90 Å². The zero-order chi connectivity index (χ0) is 43.9. The Labute approximate surface area is 383 Å². The molecule has 0 spiro atoms. The molecule has 61 heavy (non-hydrogen) atoms. The normalized spacial score (nSPS) is 29.9. The minimum atomic E-state index is -1.32. The van der Waals surface area contributed by atoms with Crippen molar-refractivity contribution in [2.75, 3.05) is 40.0 Å². The third-order valence-electron chi connectivity index (χ3n) is 17.4. The summed E-state index contributed by atoms with van der Waals surface area (Å²) >= 11 is 0. The molecule has 358 valence electrons. The number of aliphatic hydroxyl groups excluding tert-OH is 1. The van der Waals surface area contributed by atoms with Crippen LogP contribution in [-0.4, -0.2) is 80.7 Å². The van der Waals surface area contributed by atoms with Gasteiger partial charge in [-0.2, -0.15) is 0 Å². The van der Waals surface area contributed by atoms with Crippen LogP contribution >= 0.6 is 0 Å². The lowest BCUT2D eigenvalue weighted by Gasteiger charge is -2.61. The molecule has 8 heteroatoms. The van der Waals surface area contributed by atoms with E-state index in [1.165, 1.54) is 173 Å². The highest BCUT2D eigenvalue weighted by Crippen LogP contribution is 2.68. The summed E-state index contributed by atoms with van der Waals surface area (Å²) in [7, 11) is -0.186. The highest BCUT2D eigenvalue weighted by atomic mass is 28.4. The standard InChI is InChI=1S/C53H103NO5Si2/c1-9-11-13-15-17-24-41-57-51(58-61(8)59-60(7)42-25-18-16-14-12-10-2)28-20-19-21-37-54(38-22-23-40-55)39-26-27-44(3)48-31-32-49-47-30-29-45-43-46(56-6)33-35-52(45,4)50(47)34-36-53(48,49)5/h44-51,55H,9-43H2,1-8H3/t44-,45?,46-,47?,48?,49?,50?,51?,52+,53-/m1/s1. The van der Waals surface area contributed by atoms with Crippen molar-refractivity contribution in [3.8, 4) is 0 Å². The Morgan fingerprint density at radius 1 is 0.672 bits per heavy atom. The van der Waals surface area contributed by atoms with Gasteiger partial charge in [-0.05, 0) is 194 Å². The number of fused-ring (bicyclic) bond motifs is 5. The highest BCUT2D eigenvalue weighted by Gasteiger charge is 2.60. The van der Waals surface area contributed by atoms with Crippen molar-refractivity contribution in [3.05, 3.63) is 0 Å². The summed E-state index contributed by atoms with van der Waals surface area (Å²) in [6, 6.07) is 1.23. The molecule has 4 rings (SSSR count). The van der Waals surface area contributed by atoms with Crippen LogP contribution in [0, 0.1) is 46.3 Å². The van der Waals surface area contributed by atoms with E-state index in [-0.39, 0.29) is 6.29 Å². The van der Waals surface area contributed by atoms with E-state index >= 15 is 0 Å². The van der Waals surface area contributed by atoms with Crippen LogP contribution in [0.4, 0.5) is 0 Å². The van der Waals surface area contributed by atoms with Gasteiger partial charge in [-0.1, -0.05) is 112 Å². The molecule has 0 bridgehead atoms. The maximum Gasteiger partial charge on any atom is 0.372 e. The molecule has 0 amide bonds. The van der Waals surface area contributed by atoms with Crippen LogP contribution in [0.15, 0.2) is 0 Å². The van der Waals surface area contributed by atoms with E-state index in [0.717, 1.165) is 80.8 Å². The average molecular weight is 891 g/mol. The summed E-state index contributed by atoms with van der Waals surface area (Å²) in [6.07, 6.45) is 38.3. The van der Waals surface area contributed by atoms with Gasteiger partial charge in [-0.25, -0.2) is 0 Å². The van der Waals surface area contributed by atoms with E-state index < -0.39 is 18.3 Å². The zero-order valence-electron chi connectivity index (χ0n) is 41.9. The second-order valence-electron chi connectivity index (χ2n) is 21.8. The van der Waals surface area contributed by atoms with Crippen molar-refractivity contribution in [2.45, 2.75) is 252 Å². The molecule has 4 fully saturated rings. The predicted octanol–water partition coefficient (Wildman–Crippen LogP) is 14.5. The maximum atomic E-state index is 9.59. The SMILES string of the molecule is CCCCCCCCOC(CCCCCN(CCCCO)CCC[C@@H](C)C1CCC2C3CCC4C[C@H](OC)CC[C@]4(C)C3CC[C@@]21C)O[Si](C)O[Si](C)CCCCCCCC. The fourth-order valence-corrected chi connectivity index (χ4v) is 17.7. The van der Waals surface area contributed by atoms with Crippen molar-refractivity contribution in [2.24, 2.45) is 46.3 Å². The number of rotatable bonds is 35. The van der Waals surface area contributed by atoms with Gasteiger partial charge in [0.15, 0.2) is 9.04 Å². The molecule has 0 aliphatic heterocycles. The molecule has 1 N–H and O–H groups in total. The van der Waals surface area contributed by atoms with Gasteiger partial charge in [-0.3, -0.25) is 0 Å². The molecule has 6 nitrogen and oxygen atoms in total. The minimum Gasteiger partial charge on any atom is -0.435 e. The monoisotopic (exact) mass is 890 g/mol. The van der Waals surface area contributed by atoms with Crippen molar-refractivity contribution in [3.63, 3.8) is 0 Å². The van der Waals surface area contributed by atoms with Crippen LogP contribution in [0.1, 0.15) is 221 Å². The first-order chi connectivity index (χ1) is 29.6. The average Bonchev–Trinajstić information content (AvgIpc) is 3.61. The Kier molecular flexibility index (Phi) is 26.2. The van der Waals surface area contributed by atoms with E-state index in [0.29, 0.717) is 23.5 Å². The first-order valence-electron chi connectivity index (χ1n) is 27.1. The fourth-order valence-electron chi connectivity index (χ4n) is 13.8. The number of nitrogens with zero attached hydrogens (tertiary/aromatic N) is 1. The van der Waals surface area contributed by atoms with Gasteiger partial charge in [-0.15, -0.1) is 0 Å². The second-order valence-corrected chi connectivity index (χ2v) is 25.7. The first-order valence-corrected chi connectivity index (χ1v) is 31.0. The first kappa shape index (κ1) is 53.8. The van der Waals surface area contributed by atoms with Gasteiger partial charge in [0.05, 0.1) is 6.10 Å². The predicted molar refractivity (Wildman–Crippen MR) is 262 cm³/mol. The summed E-state index contributed by atoms with van der Waals surface area (Å²) in [6.45, 7) is 21.8. The Balaban J connectivity index is 1.19. The van der Waals surface area contributed by atoms with Crippen molar-refractivity contribution < 1.29 is 23.1 Å². The van der Waals surface area contributed by atoms with Gasteiger partial charge in [0, 0.05) is 20.3 Å². The molecule has 0 heterocycles. The van der Waals surface area contributed by atoms with Crippen LogP contribution < -0.4 is 0 Å². The number of unbranched alkanes of at least 4 members (excludes halogenated alkanes) is 13. The van der Waals surface area contributed by atoms with Gasteiger partial charge in [0.2, 0.25) is 0 Å². The smallest absolute Gasteiger partial charge is 0.372 e. The molecule has 0 saturated heterocycles. The van der Waals surface area contributed by atoms with E-state index in [1.807, 2.05) is 7.11 Å². The minimum absolute atomic E-state index is 0.123. The highest BCUT2D eigenvalue weighted by molar-refractivity contribution is 6.61. The molecule has 6 unspecified atom stereocenters. The molecule has 10 atom stereocenters. The van der Waals surface area contributed by atoms with E-state index in [1.54, 1.807) is 0 Å². The molecule has 4 saturated carbocycles. The largest absolute Gasteiger partial charge is 0.435 e. The lowest BCUT2D eigenvalue weighted by atomic mass is 9.44. The van der Waals surface area contributed by atoms with Crippen LogP contribution in [0.5, 0.6) is 0 Å². The number of aliphatic hydroxyl groups is 1. The summed E-state index contributed by atoms with van der Waals surface area (Å²) in [5.41, 5.74) is 1.10. The molecule has 2 radical (unpaired) electrons. The lowest BCUT2D eigenvalue weighted by molar-refractivity contribution is -0.133. The van der Waals surface area contributed by atoms with Gasteiger partial charge in [0.1, 0.15) is 6.29 Å². The summed E-state index contributed by atoms with van der Waals surface area (Å²) in [5, 5.41) is 9.59. The lowest BCUT2D eigenvalue weighted by Crippen LogP contribution is -2.54. The summed E-state index contributed by atoms with van der Waals surface area (Å²) in [5.74, 6) is 5.47. The molecule has 4 aliphatic carbocycles. The third-order valence-corrected chi connectivity index (χ3v) is 21.6. The van der Waals surface area contributed by atoms with Gasteiger partial charge >= 0.3 is 9.28 Å². The fraction of sp³-hybridized carbons (Fsp3) is 1.00. The molecular weight excluding hydrogens is 787 g/mol. The van der Waals surface area contributed by atoms with Crippen LogP contribution in [0.2, 0.25) is 19.1 Å². The van der Waals surface area contributed by atoms with Gasteiger partial charge < -0.3 is 28.0 Å². The molecule has 4 aliphatic rings. The molecule has 0 aromatic carbocycles. The molecule has 0 aromatic rings. The van der Waals surface area contributed by atoms with E-state index in [9.17, 15) is 5.11 Å². The number of hydrogen-bond donors (Lipinski definition) is 1. The number of methoxy groups -OCH3 is 1. The quantitative estimate of drug-likeness (QED) is 0.0389. The maximum absolute atomic E-state index is 9.59. The Morgan fingerprint density at radius 3 is 2.03 bits per heavy atom. The van der Waals surface area contributed by atoms with Crippen LogP contribution in [-0.2, 0) is 18.0 Å². The molecule has 0 aromatic heterocycles. The second kappa shape index (κ2) is 29.8. The van der Waals surface area contributed by atoms with E-state index in [4.69, 9.17) is 18.0 Å². The Bertz CT molecular complexity index is 1120.